The second kappa shape index (κ2) is 5.26. The molecule has 0 atom stereocenters. The van der Waals surface area contributed by atoms with Gasteiger partial charge in [0.2, 0.25) is 5.91 Å². The lowest BCUT2D eigenvalue weighted by Gasteiger charge is -2.28. The molecule has 2 amide bonds. The minimum atomic E-state index is -0.739. The topological polar surface area (TPSA) is 86.9 Å². The molecule has 3 rings (SSSR count). The van der Waals surface area contributed by atoms with Crippen molar-refractivity contribution >= 4 is 11.8 Å². The Bertz CT molecular complexity index is 487. The van der Waals surface area contributed by atoms with Crippen LogP contribution in [0.25, 0.3) is 0 Å². The van der Waals surface area contributed by atoms with E-state index in [0.717, 1.165) is 19.4 Å². The number of carbonyl (C=O) groups excluding carboxylic acids is 2. The van der Waals surface area contributed by atoms with E-state index in [9.17, 15) is 9.59 Å². The zero-order valence-corrected chi connectivity index (χ0v) is 11.4. The predicted molar refractivity (Wildman–Crippen MR) is 73.0 cm³/mol. The fourth-order valence-electron chi connectivity index (χ4n) is 2.78. The molecule has 6 heteroatoms. The first kappa shape index (κ1) is 13.1. The molecule has 2 aliphatic rings. The van der Waals surface area contributed by atoms with Crippen molar-refractivity contribution in [2.45, 2.75) is 44.1 Å². The molecule has 0 spiro atoms. The van der Waals surface area contributed by atoms with Crippen molar-refractivity contribution in [1.29, 1.82) is 0 Å². The molecule has 0 bridgehead atoms. The van der Waals surface area contributed by atoms with E-state index in [4.69, 9.17) is 0 Å². The number of amides is 2. The summed E-state index contributed by atoms with van der Waals surface area (Å²) >= 11 is 0. The third-order valence-electron chi connectivity index (χ3n) is 4.24. The average molecular weight is 276 g/mol. The Balaban J connectivity index is 1.66. The SMILES string of the molecule is O=C(NC1(C(=O)NCC2CC2)CCCC1)c1ccn[nH]1. The Hall–Kier alpha value is -1.85. The molecule has 6 nitrogen and oxygen atoms in total. The summed E-state index contributed by atoms with van der Waals surface area (Å²) in [6.45, 7) is 0.737. The molecule has 2 fully saturated rings. The summed E-state index contributed by atoms with van der Waals surface area (Å²) in [5.41, 5.74) is -0.344. The molecule has 1 aromatic heterocycles. The van der Waals surface area contributed by atoms with E-state index in [1.165, 1.54) is 19.0 Å². The minimum Gasteiger partial charge on any atom is -0.354 e. The maximum Gasteiger partial charge on any atom is 0.270 e. The maximum atomic E-state index is 12.5. The van der Waals surface area contributed by atoms with Gasteiger partial charge in [0, 0.05) is 12.7 Å². The maximum absolute atomic E-state index is 12.5. The number of hydrogen-bond donors (Lipinski definition) is 3. The van der Waals surface area contributed by atoms with Crippen molar-refractivity contribution in [2.75, 3.05) is 6.54 Å². The van der Waals surface area contributed by atoms with Gasteiger partial charge in [-0.3, -0.25) is 14.7 Å². The zero-order valence-electron chi connectivity index (χ0n) is 11.4. The number of nitrogens with one attached hydrogen (secondary N) is 3. The highest BCUT2D eigenvalue weighted by Gasteiger charge is 2.43. The summed E-state index contributed by atoms with van der Waals surface area (Å²) in [4.78, 5) is 24.6. The molecule has 0 radical (unpaired) electrons. The van der Waals surface area contributed by atoms with Gasteiger partial charge in [0.1, 0.15) is 11.2 Å². The van der Waals surface area contributed by atoms with E-state index in [2.05, 4.69) is 20.8 Å². The monoisotopic (exact) mass is 276 g/mol. The van der Waals surface area contributed by atoms with Crippen molar-refractivity contribution in [3.05, 3.63) is 18.0 Å². The molecule has 108 valence electrons. The molecular weight excluding hydrogens is 256 g/mol. The van der Waals surface area contributed by atoms with E-state index in [0.29, 0.717) is 24.5 Å². The third kappa shape index (κ3) is 2.69. The van der Waals surface area contributed by atoms with Gasteiger partial charge in [0.25, 0.3) is 5.91 Å². The average Bonchev–Trinajstić information content (AvgIpc) is 2.94. The Kier molecular flexibility index (Phi) is 3.46. The van der Waals surface area contributed by atoms with Crippen molar-refractivity contribution in [3.63, 3.8) is 0 Å². The first-order valence-corrected chi connectivity index (χ1v) is 7.30. The highest BCUT2D eigenvalue weighted by molar-refractivity contribution is 5.98. The van der Waals surface area contributed by atoms with E-state index >= 15 is 0 Å². The second-order valence-electron chi connectivity index (χ2n) is 5.87. The van der Waals surface area contributed by atoms with E-state index in [1.807, 2.05) is 0 Å². The van der Waals surface area contributed by atoms with Gasteiger partial charge in [-0.2, -0.15) is 5.10 Å². The molecule has 0 aromatic carbocycles. The predicted octanol–water partition coefficient (Wildman–Crippen LogP) is 0.978. The molecule has 0 unspecified atom stereocenters. The standard InChI is InChI=1S/C14H20N4O2/c19-12(11-5-8-16-18-11)17-14(6-1-2-7-14)13(20)15-9-10-3-4-10/h5,8,10H,1-4,6-7,9H2,(H,15,20)(H,16,18)(H,17,19). The van der Waals surface area contributed by atoms with Crippen LogP contribution in [0.1, 0.15) is 49.0 Å². The molecule has 2 saturated carbocycles. The third-order valence-corrected chi connectivity index (χ3v) is 4.24. The lowest BCUT2D eigenvalue weighted by atomic mass is 9.95. The van der Waals surface area contributed by atoms with Crippen molar-refractivity contribution in [2.24, 2.45) is 5.92 Å². The Morgan fingerprint density at radius 3 is 2.70 bits per heavy atom. The smallest absolute Gasteiger partial charge is 0.270 e. The van der Waals surface area contributed by atoms with Gasteiger partial charge in [0.15, 0.2) is 0 Å². The van der Waals surface area contributed by atoms with E-state index in [-0.39, 0.29) is 11.8 Å². The van der Waals surface area contributed by atoms with Gasteiger partial charge in [-0.15, -0.1) is 0 Å². The number of hydrogen-bond acceptors (Lipinski definition) is 3. The summed E-state index contributed by atoms with van der Waals surface area (Å²) in [7, 11) is 0. The largest absolute Gasteiger partial charge is 0.354 e. The number of aromatic amines is 1. The van der Waals surface area contributed by atoms with Gasteiger partial charge in [-0.1, -0.05) is 12.8 Å². The molecule has 2 aliphatic carbocycles. The lowest BCUT2D eigenvalue weighted by Crippen LogP contribution is -2.57. The fourth-order valence-corrected chi connectivity index (χ4v) is 2.78. The molecule has 0 saturated heterocycles. The van der Waals surface area contributed by atoms with Crippen LogP contribution in [0.15, 0.2) is 12.3 Å². The van der Waals surface area contributed by atoms with Crippen LogP contribution in [-0.2, 0) is 4.79 Å². The quantitative estimate of drug-likeness (QED) is 0.749. The Morgan fingerprint density at radius 2 is 2.10 bits per heavy atom. The highest BCUT2D eigenvalue weighted by Crippen LogP contribution is 2.31. The van der Waals surface area contributed by atoms with Gasteiger partial charge >= 0.3 is 0 Å². The van der Waals surface area contributed by atoms with Crippen LogP contribution >= 0.6 is 0 Å². The van der Waals surface area contributed by atoms with Gasteiger partial charge < -0.3 is 10.6 Å². The van der Waals surface area contributed by atoms with Gasteiger partial charge in [-0.25, -0.2) is 0 Å². The summed E-state index contributed by atoms with van der Waals surface area (Å²) in [6, 6.07) is 1.61. The van der Waals surface area contributed by atoms with Crippen LogP contribution in [0.5, 0.6) is 0 Å². The molecule has 20 heavy (non-hydrogen) atoms. The number of rotatable bonds is 5. The summed E-state index contributed by atoms with van der Waals surface area (Å²) in [5.74, 6) is 0.349. The van der Waals surface area contributed by atoms with Crippen molar-refractivity contribution in [3.8, 4) is 0 Å². The number of H-pyrrole nitrogens is 1. The lowest BCUT2D eigenvalue weighted by molar-refractivity contribution is -0.127. The number of nitrogens with zero attached hydrogens (tertiary/aromatic N) is 1. The number of carbonyl (C=O) groups is 2. The first-order chi connectivity index (χ1) is 9.70. The minimum absolute atomic E-state index is 0.0326. The zero-order chi connectivity index (χ0) is 14.0. The van der Waals surface area contributed by atoms with E-state index < -0.39 is 5.54 Å². The summed E-state index contributed by atoms with van der Waals surface area (Å²) in [5, 5.41) is 12.3. The normalized spacial score (nSPS) is 20.6. The van der Waals surface area contributed by atoms with Crippen LogP contribution in [-0.4, -0.2) is 34.1 Å². The Labute approximate surface area is 117 Å². The van der Waals surface area contributed by atoms with Crippen LogP contribution in [0, 0.1) is 5.92 Å². The molecular formula is C14H20N4O2. The molecule has 1 heterocycles. The van der Waals surface area contributed by atoms with Gasteiger partial charge in [0.05, 0.1) is 0 Å². The second-order valence-corrected chi connectivity index (χ2v) is 5.87. The van der Waals surface area contributed by atoms with E-state index in [1.54, 1.807) is 6.07 Å². The number of aromatic nitrogens is 2. The van der Waals surface area contributed by atoms with Gasteiger partial charge in [-0.05, 0) is 37.7 Å². The summed E-state index contributed by atoms with van der Waals surface area (Å²) in [6.07, 6.45) is 7.30. The molecule has 1 aromatic rings. The van der Waals surface area contributed by atoms with Crippen LogP contribution in [0.4, 0.5) is 0 Å². The van der Waals surface area contributed by atoms with Crippen LogP contribution in [0.2, 0.25) is 0 Å². The first-order valence-electron chi connectivity index (χ1n) is 7.30. The molecule has 3 N–H and O–H groups in total. The fraction of sp³-hybridized carbons (Fsp3) is 0.643. The Morgan fingerprint density at radius 1 is 1.35 bits per heavy atom. The summed E-state index contributed by atoms with van der Waals surface area (Å²) < 4.78 is 0. The highest BCUT2D eigenvalue weighted by atomic mass is 16.2. The van der Waals surface area contributed by atoms with Crippen LogP contribution in [0.3, 0.4) is 0 Å². The van der Waals surface area contributed by atoms with Crippen LogP contribution < -0.4 is 10.6 Å². The van der Waals surface area contributed by atoms with Crippen molar-refractivity contribution in [1.82, 2.24) is 20.8 Å². The van der Waals surface area contributed by atoms with Crippen molar-refractivity contribution < 1.29 is 9.59 Å². The molecule has 0 aliphatic heterocycles.